The highest BCUT2D eigenvalue weighted by Crippen LogP contribution is 2.41. The van der Waals surface area contributed by atoms with E-state index >= 15 is 0 Å². The highest BCUT2D eigenvalue weighted by Gasteiger charge is 2.21. The predicted octanol–water partition coefficient (Wildman–Crippen LogP) is 3.44. The molecule has 1 aromatic carbocycles. The van der Waals surface area contributed by atoms with Gasteiger partial charge >= 0.3 is 5.91 Å². The molecule has 28 heavy (non-hydrogen) atoms. The Hall–Kier alpha value is -3.26. The molecule has 0 fully saturated rings. The third-order valence-electron chi connectivity index (χ3n) is 4.61. The van der Waals surface area contributed by atoms with Crippen molar-refractivity contribution >= 4 is 5.91 Å². The van der Waals surface area contributed by atoms with Crippen molar-refractivity contribution in [2.45, 2.75) is 33.6 Å². The number of hydrogen-bond acceptors (Lipinski definition) is 6. The molecule has 8 nitrogen and oxygen atoms in total. The fourth-order valence-corrected chi connectivity index (χ4v) is 2.99. The van der Waals surface area contributed by atoms with Crippen molar-refractivity contribution in [2.24, 2.45) is 5.84 Å². The highest BCUT2D eigenvalue weighted by molar-refractivity contribution is 5.94. The quantitative estimate of drug-likeness (QED) is 0.214. The Morgan fingerprint density at radius 3 is 2.82 bits per heavy atom. The number of aromatic hydroxyl groups is 1. The lowest BCUT2D eigenvalue weighted by Gasteiger charge is -2.13. The van der Waals surface area contributed by atoms with E-state index in [-0.39, 0.29) is 11.5 Å². The summed E-state index contributed by atoms with van der Waals surface area (Å²) in [5, 5.41) is 17.8. The largest absolute Gasteiger partial charge is 0.507 e. The number of ether oxygens (including phenoxy) is 1. The molecule has 0 aliphatic carbocycles. The van der Waals surface area contributed by atoms with Crippen LogP contribution in [0.25, 0.3) is 22.4 Å². The molecule has 0 saturated heterocycles. The van der Waals surface area contributed by atoms with E-state index in [0.717, 1.165) is 12.8 Å². The third kappa shape index (κ3) is 3.59. The fourth-order valence-electron chi connectivity index (χ4n) is 2.99. The summed E-state index contributed by atoms with van der Waals surface area (Å²) in [6.07, 6.45) is 3.61. The van der Waals surface area contributed by atoms with Gasteiger partial charge in [0.05, 0.1) is 18.5 Å². The second-order valence-electron chi connectivity index (χ2n) is 6.50. The number of nitrogens with one attached hydrogen (secondary N) is 2. The van der Waals surface area contributed by atoms with E-state index in [2.05, 4.69) is 17.1 Å². The Balaban J connectivity index is 2.00. The number of benzene rings is 1. The number of nitrogen functional groups attached to an aromatic ring is 1. The Morgan fingerprint density at radius 1 is 1.32 bits per heavy atom. The SMILES string of the molecule is CCCCOc1ccc(-c2[nH]ncc2-c2cc(C(=O)NN)oc2C)c(O)c1C. The molecular weight excluding hydrogens is 360 g/mol. The fraction of sp³-hybridized carbons (Fsp3) is 0.300. The zero-order valence-corrected chi connectivity index (χ0v) is 16.1. The predicted molar refractivity (Wildman–Crippen MR) is 105 cm³/mol. The van der Waals surface area contributed by atoms with Crippen LogP contribution in [0.5, 0.6) is 11.5 Å². The van der Waals surface area contributed by atoms with Crippen LogP contribution in [-0.4, -0.2) is 27.8 Å². The second-order valence-corrected chi connectivity index (χ2v) is 6.50. The van der Waals surface area contributed by atoms with Crippen molar-refractivity contribution in [3.8, 4) is 33.9 Å². The van der Waals surface area contributed by atoms with Gasteiger partial charge in [-0.05, 0) is 38.5 Å². The Labute approximate surface area is 162 Å². The first-order valence-electron chi connectivity index (χ1n) is 9.08. The number of phenolic OH excluding ortho intramolecular Hbond substituents is 1. The minimum absolute atomic E-state index is 0.0993. The van der Waals surface area contributed by atoms with E-state index in [1.807, 2.05) is 18.4 Å². The molecule has 0 saturated carbocycles. The maximum atomic E-state index is 11.7. The molecule has 3 rings (SSSR count). The number of aryl methyl sites for hydroxylation is 1. The molecule has 148 valence electrons. The van der Waals surface area contributed by atoms with Crippen LogP contribution >= 0.6 is 0 Å². The van der Waals surface area contributed by atoms with Crippen molar-refractivity contribution in [1.29, 1.82) is 0 Å². The van der Waals surface area contributed by atoms with Crippen LogP contribution in [0.3, 0.4) is 0 Å². The summed E-state index contributed by atoms with van der Waals surface area (Å²) in [6.45, 7) is 6.25. The number of carbonyl (C=O) groups is 1. The summed E-state index contributed by atoms with van der Waals surface area (Å²) >= 11 is 0. The van der Waals surface area contributed by atoms with Crippen molar-refractivity contribution in [2.75, 3.05) is 6.61 Å². The number of nitrogens with zero attached hydrogens (tertiary/aromatic N) is 1. The van der Waals surface area contributed by atoms with Gasteiger partial charge in [-0.3, -0.25) is 15.3 Å². The lowest BCUT2D eigenvalue weighted by atomic mass is 9.99. The lowest BCUT2D eigenvalue weighted by molar-refractivity contribution is 0.0924. The van der Waals surface area contributed by atoms with Crippen LogP contribution in [0.1, 0.15) is 41.6 Å². The molecule has 1 amide bonds. The van der Waals surface area contributed by atoms with Crippen molar-refractivity contribution in [3.05, 3.63) is 41.5 Å². The number of aromatic amines is 1. The van der Waals surface area contributed by atoms with Crippen LogP contribution in [0.4, 0.5) is 0 Å². The van der Waals surface area contributed by atoms with Gasteiger partial charge in [-0.1, -0.05) is 13.3 Å². The zero-order chi connectivity index (χ0) is 20.3. The molecule has 0 bridgehead atoms. The number of phenols is 1. The summed E-state index contributed by atoms with van der Waals surface area (Å²) in [7, 11) is 0. The second kappa shape index (κ2) is 8.18. The van der Waals surface area contributed by atoms with E-state index < -0.39 is 5.91 Å². The molecule has 2 aromatic heterocycles. The van der Waals surface area contributed by atoms with Gasteiger partial charge in [0, 0.05) is 22.3 Å². The first kappa shape index (κ1) is 19.5. The number of carbonyl (C=O) groups excluding carboxylic acids is 1. The number of unbranched alkanes of at least 4 members (excludes halogenated alkanes) is 1. The normalized spacial score (nSPS) is 10.9. The van der Waals surface area contributed by atoms with Gasteiger partial charge in [0.1, 0.15) is 17.3 Å². The molecule has 8 heteroatoms. The van der Waals surface area contributed by atoms with Gasteiger partial charge in [0.15, 0.2) is 5.76 Å². The van der Waals surface area contributed by atoms with Crippen molar-refractivity contribution in [1.82, 2.24) is 15.6 Å². The van der Waals surface area contributed by atoms with E-state index in [1.165, 1.54) is 0 Å². The Morgan fingerprint density at radius 2 is 2.11 bits per heavy atom. The number of hydrazine groups is 1. The minimum atomic E-state index is -0.522. The number of aromatic nitrogens is 2. The molecule has 0 unspecified atom stereocenters. The number of nitrogens with two attached hydrogens (primary N) is 1. The van der Waals surface area contributed by atoms with Gasteiger partial charge in [-0.2, -0.15) is 5.10 Å². The van der Waals surface area contributed by atoms with Gasteiger partial charge in [-0.15, -0.1) is 0 Å². The van der Waals surface area contributed by atoms with Crippen molar-refractivity contribution < 1.29 is 19.1 Å². The molecule has 3 aromatic rings. The lowest BCUT2D eigenvalue weighted by Crippen LogP contribution is -2.29. The maximum Gasteiger partial charge on any atom is 0.300 e. The zero-order valence-electron chi connectivity index (χ0n) is 16.1. The van der Waals surface area contributed by atoms with E-state index in [4.69, 9.17) is 15.0 Å². The molecule has 0 atom stereocenters. The van der Waals surface area contributed by atoms with E-state index in [0.29, 0.717) is 46.1 Å². The maximum absolute atomic E-state index is 11.7. The van der Waals surface area contributed by atoms with Crippen LogP contribution in [0.15, 0.2) is 28.8 Å². The standard InChI is InChI=1S/C20H24N4O4/c1-4-5-8-27-16-7-6-13(19(25)11(16)2)18-15(10-22-24-18)14-9-17(20(26)23-21)28-12(14)3/h6-7,9-10,25H,4-5,8,21H2,1-3H3,(H,22,24)(H,23,26). The summed E-state index contributed by atoms with van der Waals surface area (Å²) < 4.78 is 11.2. The van der Waals surface area contributed by atoms with Gasteiger partial charge < -0.3 is 14.3 Å². The Bertz CT molecular complexity index is 990. The highest BCUT2D eigenvalue weighted by atomic mass is 16.5. The van der Waals surface area contributed by atoms with E-state index in [9.17, 15) is 9.90 Å². The van der Waals surface area contributed by atoms with Crippen molar-refractivity contribution in [3.63, 3.8) is 0 Å². The first-order valence-corrected chi connectivity index (χ1v) is 9.08. The molecular formula is C20H24N4O4. The topological polar surface area (TPSA) is 126 Å². The molecule has 0 spiro atoms. The summed E-state index contributed by atoms with van der Waals surface area (Å²) in [5.74, 6) is 6.05. The number of furan rings is 1. The summed E-state index contributed by atoms with van der Waals surface area (Å²) in [6, 6.07) is 5.21. The van der Waals surface area contributed by atoms with E-state index in [1.54, 1.807) is 25.3 Å². The Kier molecular flexibility index (Phi) is 5.70. The number of rotatable bonds is 7. The molecule has 5 N–H and O–H groups in total. The molecule has 0 radical (unpaired) electrons. The first-order chi connectivity index (χ1) is 13.5. The number of amides is 1. The summed E-state index contributed by atoms with van der Waals surface area (Å²) in [5.41, 5.74) is 5.28. The number of H-pyrrole nitrogens is 1. The average Bonchev–Trinajstić information content (AvgIpc) is 3.31. The average molecular weight is 384 g/mol. The molecule has 2 heterocycles. The van der Waals surface area contributed by atoms with Crippen LogP contribution in [0, 0.1) is 13.8 Å². The number of hydrogen-bond donors (Lipinski definition) is 4. The monoisotopic (exact) mass is 384 g/mol. The third-order valence-corrected chi connectivity index (χ3v) is 4.61. The minimum Gasteiger partial charge on any atom is -0.507 e. The molecule has 0 aliphatic rings. The molecule has 0 aliphatic heterocycles. The van der Waals surface area contributed by atoms with Gasteiger partial charge in [0.25, 0.3) is 0 Å². The smallest absolute Gasteiger partial charge is 0.300 e. The van der Waals surface area contributed by atoms with Crippen LogP contribution in [0.2, 0.25) is 0 Å². The van der Waals surface area contributed by atoms with Gasteiger partial charge in [0.2, 0.25) is 0 Å². The van der Waals surface area contributed by atoms with Gasteiger partial charge in [-0.25, -0.2) is 5.84 Å². The van der Waals surface area contributed by atoms with Crippen LogP contribution in [-0.2, 0) is 0 Å². The summed E-state index contributed by atoms with van der Waals surface area (Å²) in [4.78, 5) is 11.7. The van der Waals surface area contributed by atoms with Crippen LogP contribution < -0.4 is 16.0 Å².